The predicted molar refractivity (Wildman–Crippen MR) is 141 cm³/mol. The second-order valence-corrected chi connectivity index (χ2v) is 16.1. The highest BCUT2D eigenvalue weighted by Gasteiger charge is 2.24. The number of carboxylic acids is 1. The maximum Gasteiger partial charge on any atom is 0.335 e. The molecule has 0 saturated carbocycles. The molecule has 2 aliphatic heterocycles. The summed E-state index contributed by atoms with van der Waals surface area (Å²) in [5, 5.41) is 9.60. The smallest absolute Gasteiger partial charge is 0.335 e. The van der Waals surface area contributed by atoms with Crippen LogP contribution in [0.3, 0.4) is 0 Å². The van der Waals surface area contributed by atoms with E-state index < -0.39 is 14.0 Å². The molecular weight excluding hydrogens is 458 g/mol. The number of carboxylic acid groups (broad SMARTS) is 1. The molecule has 188 valence electrons. The molecule has 2 heterocycles. The van der Waals surface area contributed by atoms with E-state index in [1.54, 1.807) is 12.1 Å². The first-order valence-corrected chi connectivity index (χ1v) is 16.2. The second kappa shape index (κ2) is 11.4. The SMILES string of the molecule is C[Si](C)(C)CCN1C=C(c2ccccc2OCCOC2CCOCC2)c2cc(C(=O)O)ccc2C1. The van der Waals surface area contributed by atoms with Crippen LogP contribution >= 0.6 is 0 Å². The first-order valence-electron chi connectivity index (χ1n) is 12.5. The third-order valence-corrected chi connectivity index (χ3v) is 8.24. The topological polar surface area (TPSA) is 68.2 Å². The molecule has 2 aromatic rings. The fourth-order valence-electron chi connectivity index (χ4n) is 4.48. The van der Waals surface area contributed by atoms with E-state index in [1.165, 1.54) is 6.04 Å². The number of hydrogen-bond donors (Lipinski definition) is 1. The van der Waals surface area contributed by atoms with Gasteiger partial charge < -0.3 is 24.2 Å². The van der Waals surface area contributed by atoms with E-state index in [9.17, 15) is 9.90 Å². The maximum atomic E-state index is 11.7. The molecule has 6 nitrogen and oxygen atoms in total. The van der Waals surface area contributed by atoms with Gasteiger partial charge in [-0.25, -0.2) is 4.79 Å². The Morgan fingerprint density at radius 2 is 1.86 bits per heavy atom. The first-order chi connectivity index (χ1) is 16.8. The van der Waals surface area contributed by atoms with Gasteiger partial charge in [-0.1, -0.05) is 43.9 Å². The van der Waals surface area contributed by atoms with Crippen molar-refractivity contribution in [3.05, 3.63) is 70.9 Å². The molecule has 35 heavy (non-hydrogen) atoms. The second-order valence-electron chi connectivity index (χ2n) is 10.5. The van der Waals surface area contributed by atoms with E-state index >= 15 is 0 Å². The summed E-state index contributed by atoms with van der Waals surface area (Å²) >= 11 is 0. The highest BCUT2D eigenvalue weighted by Crippen LogP contribution is 2.37. The standard InChI is InChI=1S/C28H37NO5Si/c1-35(2,3)17-12-29-19-22-9-8-21(28(30)31)18-25(22)26(20-29)24-6-4-5-7-27(24)34-16-15-33-23-10-13-32-14-11-23/h4-9,18,20,23H,10-17,19H2,1-3H3,(H,30,31). The van der Waals surface area contributed by atoms with E-state index in [-0.39, 0.29) is 6.10 Å². The maximum absolute atomic E-state index is 11.7. The Labute approximate surface area is 209 Å². The number of fused-ring (bicyclic) bond motifs is 1. The molecule has 0 aliphatic carbocycles. The van der Waals surface area contributed by atoms with Gasteiger partial charge in [0.25, 0.3) is 0 Å². The van der Waals surface area contributed by atoms with Crippen LogP contribution in [-0.2, 0) is 16.0 Å². The zero-order valence-corrected chi connectivity index (χ0v) is 22.1. The van der Waals surface area contributed by atoms with Crippen molar-refractivity contribution >= 4 is 19.6 Å². The third kappa shape index (κ3) is 6.96. The molecule has 0 amide bonds. The first kappa shape index (κ1) is 25.5. The van der Waals surface area contributed by atoms with Crippen LogP contribution < -0.4 is 4.74 Å². The van der Waals surface area contributed by atoms with Crippen LogP contribution in [0.15, 0.2) is 48.7 Å². The summed E-state index contributed by atoms with van der Waals surface area (Å²) in [6, 6.07) is 14.7. The summed E-state index contributed by atoms with van der Waals surface area (Å²) in [6.07, 6.45) is 4.29. The largest absolute Gasteiger partial charge is 0.491 e. The van der Waals surface area contributed by atoms with Gasteiger partial charge in [0.05, 0.1) is 18.3 Å². The van der Waals surface area contributed by atoms with Gasteiger partial charge in [0.2, 0.25) is 0 Å². The molecule has 2 aromatic carbocycles. The fraction of sp³-hybridized carbons (Fsp3) is 0.464. The molecule has 7 heteroatoms. The molecule has 1 fully saturated rings. The Kier molecular flexibility index (Phi) is 8.31. The number of benzene rings is 2. The minimum atomic E-state index is -1.20. The fourth-order valence-corrected chi connectivity index (χ4v) is 5.43. The predicted octanol–water partition coefficient (Wildman–Crippen LogP) is 5.50. The number of aromatic carboxylic acids is 1. The summed E-state index contributed by atoms with van der Waals surface area (Å²) in [5.41, 5.74) is 4.38. The Morgan fingerprint density at radius 3 is 2.60 bits per heavy atom. The summed E-state index contributed by atoms with van der Waals surface area (Å²) < 4.78 is 17.6. The van der Waals surface area contributed by atoms with Crippen molar-refractivity contribution in [3.8, 4) is 5.75 Å². The van der Waals surface area contributed by atoms with Crippen molar-refractivity contribution in [3.63, 3.8) is 0 Å². The lowest BCUT2D eigenvalue weighted by Gasteiger charge is -2.31. The van der Waals surface area contributed by atoms with Crippen LogP contribution in [0, 0.1) is 0 Å². The molecule has 1 saturated heterocycles. The third-order valence-electron chi connectivity index (χ3n) is 6.52. The molecular formula is C28H37NO5Si. The van der Waals surface area contributed by atoms with Crippen molar-refractivity contribution in [2.24, 2.45) is 0 Å². The summed E-state index contributed by atoms with van der Waals surface area (Å²) in [5.74, 6) is -0.129. The van der Waals surface area contributed by atoms with Crippen molar-refractivity contribution < 1.29 is 24.1 Å². The monoisotopic (exact) mass is 495 g/mol. The van der Waals surface area contributed by atoms with Crippen molar-refractivity contribution in [1.82, 2.24) is 4.90 Å². The molecule has 1 N–H and O–H groups in total. The average molecular weight is 496 g/mol. The van der Waals surface area contributed by atoms with Crippen LogP contribution in [0.2, 0.25) is 25.7 Å². The Balaban J connectivity index is 1.57. The van der Waals surface area contributed by atoms with Gasteiger partial charge in [-0.15, -0.1) is 0 Å². The zero-order chi connectivity index (χ0) is 24.8. The molecule has 0 atom stereocenters. The number of para-hydroxylation sites is 1. The van der Waals surface area contributed by atoms with Gasteiger partial charge in [-0.2, -0.15) is 0 Å². The van der Waals surface area contributed by atoms with Gasteiger partial charge in [0.1, 0.15) is 12.4 Å². The Bertz CT molecular complexity index is 1060. The van der Waals surface area contributed by atoms with Gasteiger partial charge in [0, 0.05) is 51.7 Å². The molecule has 0 unspecified atom stereocenters. The number of rotatable bonds is 10. The van der Waals surface area contributed by atoms with Crippen LogP contribution in [0.1, 0.15) is 39.9 Å². The average Bonchev–Trinajstić information content (AvgIpc) is 2.85. The number of hydrogen-bond acceptors (Lipinski definition) is 5. The Hall–Kier alpha value is -2.61. The van der Waals surface area contributed by atoms with Crippen molar-refractivity contribution in [1.29, 1.82) is 0 Å². The molecule has 0 bridgehead atoms. The van der Waals surface area contributed by atoms with Crippen LogP contribution in [0.5, 0.6) is 5.75 Å². The normalized spacial score (nSPS) is 16.5. The van der Waals surface area contributed by atoms with E-state index in [0.717, 1.165) is 67.2 Å². The minimum absolute atomic E-state index is 0.241. The Morgan fingerprint density at radius 1 is 1.09 bits per heavy atom. The van der Waals surface area contributed by atoms with Crippen molar-refractivity contribution in [2.75, 3.05) is 33.0 Å². The highest BCUT2D eigenvalue weighted by atomic mass is 28.3. The number of nitrogens with zero attached hydrogens (tertiary/aromatic N) is 1. The van der Waals surface area contributed by atoms with Gasteiger partial charge in [0.15, 0.2) is 0 Å². The molecule has 0 spiro atoms. The van der Waals surface area contributed by atoms with Crippen LogP contribution in [0.25, 0.3) is 5.57 Å². The van der Waals surface area contributed by atoms with Gasteiger partial charge >= 0.3 is 5.97 Å². The lowest BCUT2D eigenvalue weighted by Crippen LogP contribution is -2.30. The van der Waals surface area contributed by atoms with E-state index in [1.807, 2.05) is 24.3 Å². The van der Waals surface area contributed by atoms with Gasteiger partial charge in [-0.05, 0) is 48.2 Å². The highest BCUT2D eigenvalue weighted by molar-refractivity contribution is 6.76. The molecule has 0 radical (unpaired) electrons. The van der Waals surface area contributed by atoms with Crippen LogP contribution in [0.4, 0.5) is 0 Å². The van der Waals surface area contributed by atoms with Gasteiger partial charge in [-0.3, -0.25) is 0 Å². The van der Waals surface area contributed by atoms with E-state index in [4.69, 9.17) is 14.2 Å². The quantitative estimate of drug-likeness (QED) is 0.347. The van der Waals surface area contributed by atoms with E-state index in [2.05, 4.69) is 36.8 Å². The van der Waals surface area contributed by atoms with Crippen molar-refractivity contribution in [2.45, 2.75) is 51.2 Å². The number of ether oxygens (including phenoxy) is 3. The van der Waals surface area contributed by atoms with Crippen LogP contribution in [-0.4, -0.2) is 63.1 Å². The minimum Gasteiger partial charge on any atom is -0.491 e. The summed E-state index contributed by atoms with van der Waals surface area (Å²) in [6.45, 7) is 11.4. The lowest BCUT2D eigenvalue weighted by molar-refractivity contribution is -0.0388. The van der Waals surface area contributed by atoms with E-state index in [0.29, 0.717) is 18.8 Å². The lowest BCUT2D eigenvalue weighted by atomic mass is 9.90. The summed E-state index contributed by atoms with van der Waals surface area (Å²) in [7, 11) is -1.20. The number of carbonyl (C=O) groups is 1. The summed E-state index contributed by atoms with van der Waals surface area (Å²) in [4.78, 5) is 14.1. The molecule has 2 aliphatic rings. The molecule has 0 aromatic heterocycles. The zero-order valence-electron chi connectivity index (χ0n) is 21.1. The molecule has 4 rings (SSSR count).